The summed E-state index contributed by atoms with van der Waals surface area (Å²) in [5.41, 5.74) is 8.22. The van der Waals surface area contributed by atoms with Gasteiger partial charge in [-0.2, -0.15) is 0 Å². The zero-order chi connectivity index (χ0) is 12.3. The lowest BCUT2D eigenvalue weighted by atomic mass is 9.67. The van der Waals surface area contributed by atoms with Crippen LogP contribution in [-0.2, 0) is 6.54 Å². The second-order valence-corrected chi connectivity index (χ2v) is 5.57. The summed E-state index contributed by atoms with van der Waals surface area (Å²) in [6, 6.07) is 5.85. The molecule has 0 bridgehead atoms. The number of nitrogen functional groups attached to an aromatic ring is 1. The minimum atomic E-state index is 0.567. The molecule has 0 atom stereocenters. The van der Waals surface area contributed by atoms with Crippen molar-refractivity contribution in [2.45, 2.75) is 39.2 Å². The van der Waals surface area contributed by atoms with Crippen molar-refractivity contribution < 1.29 is 0 Å². The van der Waals surface area contributed by atoms with Gasteiger partial charge in [0, 0.05) is 13.1 Å². The van der Waals surface area contributed by atoms with Crippen LogP contribution in [0.2, 0.25) is 5.02 Å². The maximum absolute atomic E-state index is 5.90. The summed E-state index contributed by atoms with van der Waals surface area (Å²) in [4.78, 5) is 0. The fraction of sp³-hybridized carbons (Fsp3) is 0.571. The van der Waals surface area contributed by atoms with Crippen LogP contribution in [0.15, 0.2) is 18.2 Å². The van der Waals surface area contributed by atoms with E-state index in [1.165, 1.54) is 31.2 Å². The van der Waals surface area contributed by atoms with Gasteiger partial charge in [-0.05, 0) is 42.4 Å². The van der Waals surface area contributed by atoms with Crippen LogP contribution in [0.25, 0.3) is 0 Å². The number of halogens is 1. The average Bonchev–Trinajstić information content (AvgIpc) is 2.27. The molecular formula is C14H21ClN2. The zero-order valence-corrected chi connectivity index (χ0v) is 11.2. The van der Waals surface area contributed by atoms with Crippen molar-refractivity contribution in [1.82, 2.24) is 5.32 Å². The smallest absolute Gasteiger partial charge is 0.0635 e. The normalized spacial score (nSPS) is 17.8. The van der Waals surface area contributed by atoms with E-state index in [-0.39, 0.29) is 0 Å². The number of hydrogen-bond acceptors (Lipinski definition) is 2. The first-order valence-electron chi connectivity index (χ1n) is 6.40. The molecule has 2 rings (SSSR count). The van der Waals surface area contributed by atoms with Crippen molar-refractivity contribution in [2.75, 3.05) is 12.3 Å². The highest BCUT2D eigenvalue weighted by atomic mass is 35.5. The maximum atomic E-state index is 5.90. The lowest BCUT2D eigenvalue weighted by Crippen LogP contribution is -2.39. The minimum absolute atomic E-state index is 0.567. The molecule has 1 aliphatic rings. The molecule has 1 saturated carbocycles. The van der Waals surface area contributed by atoms with Crippen molar-refractivity contribution in [2.24, 2.45) is 5.41 Å². The number of hydrogen-bond donors (Lipinski definition) is 2. The molecule has 0 heterocycles. The van der Waals surface area contributed by atoms with Gasteiger partial charge in [0.05, 0.1) is 10.7 Å². The van der Waals surface area contributed by atoms with E-state index in [2.05, 4.69) is 12.2 Å². The number of nitrogens with two attached hydrogens (primary N) is 1. The van der Waals surface area contributed by atoms with E-state index < -0.39 is 0 Å². The molecule has 3 heteroatoms. The Labute approximate surface area is 109 Å². The number of nitrogens with one attached hydrogen (secondary N) is 1. The molecule has 3 N–H and O–H groups in total. The third kappa shape index (κ3) is 2.93. The van der Waals surface area contributed by atoms with E-state index in [0.717, 1.165) is 13.1 Å². The molecule has 1 aromatic carbocycles. The Morgan fingerprint density at radius 1 is 1.41 bits per heavy atom. The summed E-state index contributed by atoms with van der Waals surface area (Å²) < 4.78 is 0. The second kappa shape index (κ2) is 5.28. The Balaban J connectivity index is 1.83. The van der Waals surface area contributed by atoms with Gasteiger partial charge in [-0.1, -0.05) is 31.0 Å². The van der Waals surface area contributed by atoms with Crippen molar-refractivity contribution in [3.63, 3.8) is 0 Å². The van der Waals surface area contributed by atoms with Gasteiger partial charge in [-0.15, -0.1) is 0 Å². The number of rotatable bonds is 5. The third-order valence-electron chi connectivity index (χ3n) is 4.05. The predicted molar refractivity (Wildman–Crippen MR) is 74.1 cm³/mol. The first-order chi connectivity index (χ1) is 8.15. The first-order valence-corrected chi connectivity index (χ1v) is 6.78. The number of anilines is 1. The standard InChI is InChI=1S/C14H21ClN2/c1-2-14(6-3-7-14)10-17-9-11-4-5-12(15)13(16)8-11/h4-5,8,17H,2-3,6-7,9-10,16H2,1H3. The van der Waals surface area contributed by atoms with Gasteiger partial charge >= 0.3 is 0 Å². The molecule has 0 unspecified atom stereocenters. The molecule has 1 aliphatic carbocycles. The molecule has 0 saturated heterocycles. The summed E-state index contributed by atoms with van der Waals surface area (Å²) in [5.74, 6) is 0. The molecule has 94 valence electrons. The van der Waals surface area contributed by atoms with Gasteiger partial charge in [0.2, 0.25) is 0 Å². The van der Waals surface area contributed by atoms with Crippen LogP contribution in [-0.4, -0.2) is 6.54 Å². The van der Waals surface area contributed by atoms with Crippen molar-refractivity contribution in [3.8, 4) is 0 Å². The van der Waals surface area contributed by atoms with E-state index in [1.54, 1.807) is 0 Å². The van der Waals surface area contributed by atoms with E-state index in [4.69, 9.17) is 17.3 Å². The maximum Gasteiger partial charge on any atom is 0.0635 e. The Morgan fingerprint density at radius 2 is 2.18 bits per heavy atom. The third-order valence-corrected chi connectivity index (χ3v) is 4.40. The Hall–Kier alpha value is -0.730. The van der Waals surface area contributed by atoms with Gasteiger partial charge in [0.25, 0.3) is 0 Å². The molecule has 0 radical (unpaired) electrons. The summed E-state index contributed by atoms with van der Waals surface area (Å²) >= 11 is 5.90. The predicted octanol–water partition coefficient (Wildman–Crippen LogP) is 3.59. The van der Waals surface area contributed by atoms with Crippen LogP contribution in [0, 0.1) is 5.41 Å². The quantitative estimate of drug-likeness (QED) is 0.786. The molecule has 2 nitrogen and oxygen atoms in total. The van der Waals surface area contributed by atoms with Crippen LogP contribution >= 0.6 is 11.6 Å². The van der Waals surface area contributed by atoms with Gasteiger partial charge in [-0.25, -0.2) is 0 Å². The van der Waals surface area contributed by atoms with Crippen molar-refractivity contribution in [3.05, 3.63) is 28.8 Å². The Morgan fingerprint density at radius 3 is 2.71 bits per heavy atom. The van der Waals surface area contributed by atoms with Crippen LogP contribution in [0.1, 0.15) is 38.2 Å². The monoisotopic (exact) mass is 252 g/mol. The molecule has 1 fully saturated rings. The SMILES string of the molecule is CCC1(CNCc2ccc(Cl)c(N)c2)CCC1. The molecule has 1 aromatic rings. The first kappa shape index (κ1) is 12.7. The molecule has 0 spiro atoms. The molecular weight excluding hydrogens is 232 g/mol. The minimum Gasteiger partial charge on any atom is -0.398 e. The summed E-state index contributed by atoms with van der Waals surface area (Å²) in [6.45, 7) is 4.29. The second-order valence-electron chi connectivity index (χ2n) is 5.17. The van der Waals surface area contributed by atoms with Gasteiger partial charge < -0.3 is 11.1 Å². The van der Waals surface area contributed by atoms with Crippen LogP contribution in [0.5, 0.6) is 0 Å². The Kier molecular flexibility index (Phi) is 3.95. The van der Waals surface area contributed by atoms with Crippen molar-refractivity contribution in [1.29, 1.82) is 0 Å². The Bertz CT molecular complexity index is 380. The largest absolute Gasteiger partial charge is 0.398 e. The van der Waals surface area contributed by atoms with Crippen LogP contribution in [0.4, 0.5) is 5.69 Å². The lowest BCUT2D eigenvalue weighted by Gasteiger charge is -2.41. The van der Waals surface area contributed by atoms with E-state index in [1.807, 2.05) is 18.2 Å². The molecule has 0 amide bonds. The highest BCUT2D eigenvalue weighted by Gasteiger charge is 2.34. The lowest BCUT2D eigenvalue weighted by molar-refractivity contribution is 0.124. The molecule has 17 heavy (non-hydrogen) atoms. The van der Waals surface area contributed by atoms with Crippen molar-refractivity contribution >= 4 is 17.3 Å². The van der Waals surface area contributed by atoms with E-state index in [0.29, 0.717) is 16.1 Å². The summed E-state index contributed by atoms with van der Waals surface area (Å²) in [6.07, 6.45) is 5.42. The van der Waals surface area contributed by atoms with Crippen LogP contribution in [0.3, 0.4) is 0 Å². The van der Waals surface area contributed by atoms with Crippen LogP contribution < -0.4 is 11.1 Å². The fourth-order valence-electron chi connectivity index (χ4n) is 2.51. The number of benzene rings is 1. The molecule has 0 aromatic heterocycles. The van der Waals surface area contributed by atoms with Gasteiger partial charge in [-0.3, -0.25) is 0 Å². The topological polar surface area (TPSA) is 38.0 Å². The highest BCUT2D eigenvalue weighted by molar-refractivity contribution is 6.33. The highest BCUT2D eigenvalue weighted by Crippen LogP contribution is 2.43. The summed E-state index contributed by atoms with van der Waals surface area (Å²) in [7, 11) is 0. The van der Waals surface area contributed by atoms with E-state index in [9.17, 15) is 0 Å². The van der Waals surface area contributed by atoms with E-state index >= 15 is 0 Å². The van der Waals surface area contributed by atoms with Gasteiger partial charge in [0.1, 0.15) is 0 Å². The van der Waals surface area contributed by atoms with Gasteiger partial charge in [0.15, 0.2) is 0 Å². The fourth-order valence-corrected chi connectivity index (χ4v) is 2.62. The molecule has 0 aliphatic heterocycles. The summed E-state index contributed by atoms with van der Waals surface area (Å²) in [5, 5.41) is 4.18. The average molecular weight is 253 g/mol. The zero-order valence-electron chi connectivity index (χ0n) is 10.4.